The lowest BCUT2D eigenvalue weighted by atomic mass is 9.87. The van der Waals surface area contributed by atoms with Gasteiger partial charge in [0.15, 0.2) is 0 Å². The maximum absolute atomic E-state index is 2.50. The molecule has 29 heavy (non-hydrogen) atoms. The van der Waals surface area contributed by atoms with Crippen LogP contribution in [0, 0.1) is 0 Å². The Hall–Kier alpha value is -3.32. The average Bonchev–Trinajstić information content (AvgIpc) is 3.31. The van der Waals surface area contributed by atoms with Gasteiger partial charge >= 0.3 is 0 Å². The number of rotatable bonds is 0. The van der Waals surface area contributed by atoms with Gasteiger partial charge in [0.2, 0.25) is 0 Å². The molecule has 0 amide bonds. The highest BCUT2D eigenvalue weighted by molar-refractivity contribution is 5.98. The van der Waals surface area contributed by atoms with Crippen LogP contribution in [-0.2, 0) is 19.3 Å². The van der Waals surface area contributed by atoms with E-state index in [1.165, 1.54) is 67.0 Å². The van der Waals surface area contributed by atoms with Crippen molar-refractivity contribution >= 4 is 11.4 Å². The molecule has 0 atom stereocenters. The number of hydrogen-bond acceptors (Lipinski definition) is 1. The molecule has 1 heterocycles. The van der Waals surface area contributed by atoms with E-state index in [1.807, 2.05) is 0 Å². The van der Waals surface area contributed by atoms with Crippen molar-refractivity contribution in [2.45, 2.75) is 19.3 Å². The van der Waals surface area contributed by atoms with Gasteiger partial charge in [-0.3, -0.25) is 0 Å². The highest BCUT2D eigenvalue weighted by atomic mass is 15.1. The van der Waals surface area contributed by atoms with Crippen LogP contribution in [0.15, 0.2) is 72.8 Å². The molecule has 1 heteroatoms. The summed E-state index contributed by atoms with van der Waals surface area (Å²) in [4.78, 5) is 2.50. The van der Waals surface area contributed by atoms with Crippen molar-refractivity contribution in [3.8, 4) is 22.3 Å². The van der Waals surface area contributed by atoms with E-state index in [9.17, 15) is 0 Å². The predicted molar refractivity (Wildman–Crippen MR) is 120 cm³/mol. The SMILES string of the molecule is CN1c2c(ccc3c2-c2ccccc2C3)Cc2ccc3c(c21)-c1ccccc1C3. The molecule has 4 aromatic carbocycles. The monoisotopic (exact) mass is 371 g/mol. The molecule has 0 aromatic heterocycles. The average molecular weight is 371 g/mol. The Kier molecular flexibility index (Phi) is 2.90. The predicted octanol–water partition coefficient (Wildman–Crippen LogP) is 6.50. The van der Waals surface area contributed by atoms with E-state index in [0.717, 1.165) is 19.3 Å². The van der Waals surface area contributed by atoms with E-state index < -0.39 is 0 Å². The van der Waals surface area contributed by atoms with Gasteiger partial charge in [0.05, 0.1) is 11.4 Å². The first-order chi connectivity index (χ1) is 14.3. The van der Waals surface area contributed by atoms with Crippen LogP contribution in [0.4, 0.5) is 11.4 Å². The molecule has 138 valence electrons. The molecular formula is C28H21N. The Balaban J connectivity index is 1.50. The van der Waals surface area contributed by atoms with Gasteiger partial charge in [-0.25, -0.2) is 0 Å². The normalized spacial score (nSPS) is 14.6. The van der Waals surface area contributed by atoms with Crippen LogP contribution in [0.1, 0.15) is 33.4 Å². The maximum Gasteiger partial charge on any atom is 0.0527 e. The molecule has 7 rings (SSSR count). The Morgan fingerprint density at radius 3 is 1.41 bits per heavy atom. The van der Waals surface area contributed by atoms with Gasteiger partial charge in [-0.05, 0) is 57.3 Å². The molecule has 0 N–H and O–H groups in total. The molecule has 0 unspecified atom stereocenters. The van der Waals surface area contributed by atoms with Crippen molar-refractivity contribution in [1.82, 2.24) is 0 Å². The number of hydrogen-bond donors (Lipinski definition) is 0. The summed E-state index contributed by atoms with van der Waals surface area (Å²) in [5.74, 6) is 0. The molecule has 1 aliphatic heterocycles. The van der Waals surface area contributed by atoms with Crippen molar-refractivity contribution in [3.63, 3.8) is 0 Å². The Morgan fingerprint density at radius 2 is 0.897 bits per heavy atom. The standard InChI is InChI=1S/C28H21N/c1-29-27-21(12-10-19-14-17-6-2-4-8-23(17)25(19)27)16-22-13-11-20-15-18-7-3-5-9-24(18)26(20)28(22)29/h2-13H,14-16H2,1H3. The zero-order chi connectivity index (χ0) is 19.1. The van der Waals surface area contributed by atoms with Gasteiger partial charge in [-0.15, -0.1) is 0 Å². The van der Waals surface area contributed by atoms with Crippen molar-refractivity contribution < 1.29 is 0 Å². The second-order valence-corrected chi connectivity index (χ2v) is 8.62. The number of nitrogens with zero attached hydrogens (tertiary/aromatic N) is 1. The lowest BCUT2D eigenvalue weighted by Crippen LogP contribution is -2.21. The van der Waals surface area contributed by atoms with E-state index >= 15 is 0 Å². The summed E-state index contributed by atoms with van der Waals surface area (Å²) in [6, 6.07) is 27.3. The molecule has 4 aromatic rings. The zero-order valence-electron chi connectivity index (χ0n) is 16.5. The molecule has 0 saturated heterocycles. The Bertz CT molecular complexity index is 1240. The first-order valence-corrected chi connectivity index (χ1v) is 10.5. The van der Waals surface area contributed by atoms with E-state index in [-0.39, 0.29) is 0 Å². The van der Waals surface area contributed by atoms with Crippen LogP contribution in [0.2, 0.25) is 0 Å². The molecule has 0 saturated carbocycles. The largest absolute Gasteiger partial charge is 0.343 e. The summed E-state index contributed by atoms with van der Waals surface area (Å²) in [5.41, 5.74) is 17.3. The summed E-state index contributed by atoms with van der Waals surface area (Å²) in [6.07, 6.45) is 3.12. The molecule has 2 aliphatic carbocycles. The smallest absolute Gasteiger partial charge is 0.0527 e. The summed E-state index contributed by atoms with van der Waals surface area (Å²) < 4.78 is 0. The molecule has 0 radical (unpaired) electrons. The van der Waals surface area contributed by atoms with Gasteiger partial charge in [0, 0.05) is 24.6 Å². The van der Waals surface area contributed by atoms with E-state index in [2.05, 4.69) is 84.7 Å². The minimum atomic E-state index is 1.01. The van der Waals surface area contributed by atoms with Gasteiger partial charge in [0.25, 0.3) is 0 Å². The van der Waals surface area contributed by atoms with Gasteiger partial charge in [-0.2, -0.15) is 0 Å². The fraction of sp³-hybridized carbons (Fsp3) is 0.143. The highest BCUT2D eigenvalue weighted by Gasteiger charge is 2.33. The number of fused-ring (bicyclic) bond motifs is 10. The second-order valence-electron chi connectivity index (χ2n) is 8.62. The fourth-order valence-corrected chi connectivity index (χ4v) is 5.86. The van der Waals surface area contributed by atoms with Crippen molar-refractivity contribution in [2.24, 2.45) is 0 Å². The van der Waals surface area contributed by atoms with Crippen LogP contribution >= 0.6 is 0 Å². The Labute approximate surface area is 171 Å². The van der Waals surface area contributed by atoms with Crippen LogP contribution in [-0.4, -0.2) is 7.05 Å². The van der Waals surface area contributed by atoms with Crippen LogP contribution in [0.5, 0.6) is 0 Å². The zero-order valence-corrected chi connectivity index (χ0v) is 16.5. The molecule has 0 fully saturated rings. The molecular weight excluding hydrogens is 350 g/mol. The third-order valence-electron chi connectivity index (χ3n) is 7.08. The molecule has 3 aliphatic rings. The molecule has 0 spiro atoms. The van der Waals surface area contributed by atoms with Gasteiger partial charge < -0.3 is 4.90 Å². The molecule has 0 bridgehead atoms. The van der Waals surface area contributed by atoms with E-state index in [4.69, 9.17) is 0 Å². The number of anilines is 2. The summed E-state index contributed by atoms with van der Waals surface area (Å²) in [6.45, 7) is 0. The minimum Gasteiger partial charge on any atom is -0.343 e. The maximum atomic E-state index is 2.50. The van der Waals surface area contributed by atoms with Crippen LogP contribution < -0.4 is 4.90 Å². The van der Waals surface area contributed by atoms with E-state index in [0.29, 0.717) is 0 Å². The lowest BCUT2D eigenvalue weighted by Gasteiger charge is -2.34. The van der Waals surface area contributed by atoms with Crippen molar-refractivity contribution in [1.29, 1.82) is 0 Å². The highest BCUT2D eigenvalue weighted by Crippen LogP contribution is 2.53. The Morgan fingerprint density at radius 1 is 0.483 bits per heavy atom. The van der Waals surface area contributed by atoms with Crippen LogP contribution in [0.25, 0.3) is 22.3 Å². The second kappa shape index (κ2) is 5.39. The van der Waals surface area contributed by atoms with Crippen molar-refractivity contribution in [2.75, 3.05) is 11.9 Å². The third kappa shape index (κ3) is 1.95. The summed E-state index contributed by atoms with van der Waals surface area (Å²) >= 11 is 0. The molecule has 1 nitrogen and oxygen atoms in total. The van der Waals surface area contributed by atoms with Gasteiger partial charge in [-0.1, -0.05) is 72.8 Å². The fourth-order valence-electron chi connectivity index (χ4n) is 5.86. The van der Waals surface area contributed by atoms with Crippen molar-refractivity contribution in [3.05, 3.63) is 106 Å². The quantitative estimate of drug-likeness (QED) is 0.294. The third-order valence-corrected chi connectivity index (χ3v) is 7.08. The first-order valence-electron chi connectivity index (χ1n) is 10.5. The topological polar surface area (TPSA) is 3.24 Å². The first kappa shape index (κ1) is 15.6. The number of benzene rings is 4. The minimum absolute atomic E-state index is 1.01. The van der Waals surface area contributed by atoms with E-state index in [1.54, 1.807) is 0 Å². The lowest BCUT2D eigenvalue weighted by molar-refractivity contribution is 1.05. The van der Waals surface area contributed by atoms with Gasteiger partial charge in [0.1, 0.15) is 0 Å². The summed E-state index contributed by atoms with van der Waals surface area (Å²) in [7, 11) is 2.28. The summed E-state index contributed by atoms with van der Waals surface area (Å²) in [5, 5.41) is 0. The van der Waals surface area contributed by atoms with Crippen LogP contribution in [0.3, 0.4) is 0 Å².